The molecule has 0 aliphatic carbocycles. The third kappa shape index (κ3) is 6.91. The fourth-order valence-corrected chi connectivity index (χ4v) is 4.18. The van der Waals surface area contributed by atoms with Crippen LogP contribution in [0.3, 0.4) is 0 Å². The fraction of sp³-hybridized carbons (Fsp3) is 0.200. The summed E-state index contributed by atoms with van der Waals surface area (Å²) < 4.78 is 5.23. The number of carbonyl (C=O) groups is 4. The van der Waals surface area contributed by atoms with Crippen molar-refractivity contribution in [3.63, 3.8) is 0 Å². The third-order valence-corrected chi connectivity index (χ3v) is 6.41. The summed E-state index contributed by atoms with van der Waals surface area (Å²) in [6.07, 6.45) is 2.20. The largest absolute Gasteiger partial charge is 0.462 e. The molecule has 0 atom stereocenters. The van der Waals surface area contributed by atoms with Gasteiger partial charge in [-0.05, 0) is 54.8 Å². The van der Waals surface area contributed by atoms with Crippen LogP contribution in [0.1, 0.15) is 46.0 Å². The minimum atomic E-state index is -0.568. The number of rotatable bonds is 11. The van der Waals surface area contributed by atoms with Crippen molar-refractivity contribution in [1.29, 1.82) is 0 Å². The number of hydrogen-bond donors (Lipinski definition) is 2. The number of amides is 3. The van der Waals surface area contributed by atoms with Gasteiger partial charge >= 0.3 is 5.97 Å². The van der Waals surface area contributed by atoms with Crippen molar-refractivity contribution in [2.75, 3.05) is 23.8 Å². The van der Waals surface area contributed by atoms with Gasteiger partial charge in [0.05, 0.1) is 12.2 Å². The normalized spacial score (nSPS) is 13.0. The van der Waals surface area contributed by atoms with Crippen LogP contribution in [0.5, 0.6) is 0 Å². The van der Waals surface area contributed by atoms with Crippen LogP contribution in [0.2, 0.25) is 0 Å². The van der Waals surface area contributed by atoms with Gasteiger partial charge in [-0.25, -0.2) is 4.79 Å². The van der Waals surface area contributed by atoms with E-state index < -0.39 is 23.7 Å². The van der Waals surface area contributed by atoms with E-state index in [2.05, 4.69) is 10.6 Å². The van der Waals surface area contributed by atoms with E-state index in [1.807, 2.05) is 37.3 Å². The summed E-state index contributed by atoms with van der Waals surface area (Å²) in [6.45, 7) is 2.54. The van der Waals surface area contributed by atoms with Gasteiger partial charge in [0.25, 0.3) is 17.7 Å². The highest BCUT2D eigenvalue weighted by molar-refractivity contribution is 6.48. The maximum Gasteiger partial charge on any atom is 0.338 e. The van der Waals surface area contributed by atoms with Crippen molar-refractivity contribution < 1.29 is 23.9 Å². The summed E-state index contributed by atoms with van der Waals surface area (Å²) in [4.78, 5) is 51.9. The van der Waals surface area contributed by atoms with E-state index >= 15 is 0 Å². The van der Waals surface area contributed by atoms with Crippen LogP contribution in [-0.4, -0.2) is 41.7 Å². The zero-order valence-electron chi connectivity index (χ0n) is 21.4. The van der Waals surface area contributed by atoms with Crippen LogP contribution >= 0.6 is 11.6 Å². The summed E-state index contributed by atoms with van der Waals surface area (Å²) in [6, 6.07) is 22.5. The van der Waals surface area contributed by atoms with Gasteiger partial charge in [-0.2, -0.15) is 0 Å². The Labute approximate surface area is 231 Å². The molecule has 8 nitrogen and oxygen atoms in total. The minimum absolute atomic E-state index is 0.0402. The highest BCUT2D eigenvalue weighted by Crippen LogP contribution is 2.26. The Bertz CT molecular complexity index is 1420. The Morgan fingerprint density at radius 1 is 0.872 bits per heavy atom. The monoisotopic (exact) mass is 545 g/mol. The Morgan fingerprint density at radius 2 is 1.56 bits per heavy atom. The molecule has 1 heterocycles. The van der Waals surface area contributed by atoms with Crippen LogP contribution < -0.4 is 10.6 Å². The smallest absolute Gasteiger partial charge is 0.338 e. The standard InChI is InChI=1S/C30H28ClN3O5/c1-2-3-17-39-30(38)22-12-8-14-24(19-22)33-27(35)21-11-7-13-23(18-21)32-26-25(31)28(36)34(29(26)37)16-15-20-9-5-4-6-10-20/h4-14,18-19,32H,2-3,15-17H2,1H3,(H,33,35). The molecular formula is C30H28ClN3O5. The summed E-state index contributed by atoms with van der Waals surface area (Å²) in [5.74, 6) is -1.97. The molecule has 0 saturated carbocycles. The molecule has 3 aromatic rings. The molecule has 3 amide bonds. The molecule has 0 bridgehead atoms. The fourth-order valence-electron chi connectivity index (χ4n) is 3.95. The Balaban J connectivity index is 1.40. The van der Waals surface area contributed by atoms with E-state index in [0.29, 0.717) is 35.5 Å². The molecule has 0 unspecified atom stereocenters. The number of hydrogen-bond acceptors (Lipinski definition) is 6. The number of nitrogens with zero attached hydrogens (tertiary/aromatic N) is 1. The quantitative estimate of drug-likeness (QED) is 0.191. The summed E-state index contributed by atoms with van der Waals surface area (Å²) in [7, 11) is 0. The van der Waals surface area contributed by atoms with Crippen LogP contribution in [0.4, 0.5) is 11.4 Å². The first kappa shape index (κ1) is 27.6. The lowest BCUT2D eigenvalue weighted by atomic mass is 10.1. The molecule has 0 saturated heterocycles. The molecule has 1 aliphatic heterocycles. The molecule has 0 spiro atoms. The lowest BCUT2D eigenvalue weighted by molar-refractivity contribution is -0.137. The van der Waals surface area contributed by atoms with E-state index in [-0.39, 0.29) is 17.3 Å². The highest BCUT2D eigenvalue weighted by atomic mass is 35.5. The predicted molar refractivity (Wildman–Crippen MR) is 149 cm³/mol. The molecule has 39 heavy (non-hydrogen) atoms. The Hall–Kier alpha value is -4.43. The maximum absolute atomic E-state index is 13.0. The van der Waals surface area contributed by atoms with Gasteiger partial charge in [-0.15, -0.1) is 0 Å². The number of ether oxygens (including phenoxy) is 1. The number of anilines is 2. The van der Waals surface area contributed by atoms with Gasteiger partial charge in [0.1, 0.15) is 10.7 Å². The van der Waals surface area contributed by atoms with Crippen molar-refractivity contribution in [3.8, 4) is 0 Å². The van der Waals surface area contributed by atoms with Gasteiger partial charge in [-0.1, -0.05) is 67.4 Å². The molecule has 0 aromatic heterocycles. The first-order chi connectivity index (χ1) is 18.9. The molecule has 4 rings (SSSR count). The van der Waals surface area contributed by atoms with E-state index in [4.69, 9.17) is 16.3 Å². The number of unbranched alkanes of at least 4 members (excludes halogenated alkanes) is 1. The molecular weight excluding hydrogens is 518 g/mol. The number of benzene rings is 3. The van der Waals surface area contributed by atoms with Crippen molar-refractivity contribution in [2.24, 2.45) is 0 Å². The van der Waals surface area contributed by atoms with Gasteiger partial charge < -0.3 is 15.4 Å². The van der Waals surface area contributed by atoms with Gasteiger partial charge in [0, 0.05) is 23.5 Å². The van der Waals surface area contributed by atoms with Gasteiger partial charge in [0.2, 0.25) is 0 Å². The average Bonchev–Trinajstić information content (AvgIpc) is 3.15. The second kappa shape index (κ2) is 12.9. The molecule has 9 heteroatoms. The molecule has 2 N–H and O–H groups in total. The van der Waals surface area contributed by atoms with Crippen molar-refractivity contribution in [3.05, 3.63) is 106 Å². The number of esters is 1. The lowest BCUT2D eigenvalue weighted by Crippen LogP contribution is -2.34. The average molecular weight is 546 g/mol. The first-order valence-corrected chi connectivity index (χ1v) is 13.0. The van der Waals surface area contributed by atoms with E-state index in [0.717, 1.165) is 23.3 Å². The zero-order valence-corrected chi connectivity index (χ0v) is 22.2. The Morgan fingerprint density at radius 3 is 2.31 bits per heavy atom. The molecule has 3 aromatic carbocycles. The number of imide groups is 1. The molecule has 200 valence electrons. The SMILES string of the molecule is CCCCOC(=O)c1cccc(NC(=O)c2cccc(NC3=C(Cl)C(=O)N(CCc4ccccc4)C3=O)c2)c1. The third-order valence-electron chi connectivity index (χ3n) is 6.06. The summed E-state index contributed by atoms with van der Waals surface area (Å²) in [5.41, 5.74) is 2.43. The summed E-state index contributed by atoms with van der Waals surface area (Å²) >= 11 is 6.23. The van der Waals surface area contributed by atoms with Crippen LogP contribution in [0.25, 0.3) is 0 Å². The molecule has 0 radical (unpaired) electrons. The summed E-state index contributed by atoms with van der Waals surface area (Å²) in [5, 5.41) is 5.46. The van der Waals surface area contributed by atoms with Crippen LogP contribution in [-0.2, 0) is 20.7 Å². The van der Waals surface area contributed by atoms with Crippen molar-refractivity contribution >= 4 is 46.7 Å². The van der Waals surface area contributed by atoms with E-state index in [9.17, 15) is 19.2 Å². The van der Waals surface area contributed by atoms with Crippen molar-refractivity contribution in [1.82, 2.24) is 4.90 Å². The first-order valence-electron chi connectivity index (χ1n) is 12.6. The highest BCUT2D eigenvalue weighted by Gasteiger charge is 2.37. The molecule has 0 fully saturated rings. The van der Waals surface area contributed by atoms with E-state index in [1.165, 1.54) is 0 Å². The Kier molecular flexibility index (Phi) is 9.12. The van der Waals surface area contributed by atoms with E-state index in [1.54, 1.807) is 48.5 Å². The van der Waals surface area contributed by atoms with Gasteiger partial charge in [0.15, 0.2) is 0 Å². The van der Waals surface area contributed by atoms with Crippen LogP contribution in [0.15, 0.2) is 89.6 Å². The molecule has 1 aliphatic rings. The van der Waals surface area contributed by atoms with Crippen molar-refractivity contribution in [2.45, 2.75) is 26.2 Å². The number of carbonyl (C=O) groups excluding carboxylic acids is 4. The van der Waals surface area contributed by atoms with Gasteiger partial charge in [-0.3, -0.25) is 19.3 Å². The lowest BCUT2D eigenvalue weighted by Gasteiger charge is -2.15. The second-order valence-corrected chi connectivity index (χ2v) is 9.29. The predicted octanol–water partition coefficient (Wildman–Crippen LogP) is 5.37. The maximum atomic E-state index is 13.0. The number of nitrogens with one attached hydrogen (secondary N) is 2. The second-order valence-electron chi connectivity index (χ2n) is 8.92. The topological polar surface area (TPSA) is 105 Å². The minimum Gasteiger partial charge on any atom is -0.462 e. The zero-order chi connectivity index (χ0) is 27.8. The number of halogens is 1. The van der Waals surface area contributed by atoms with Crippen LogP contribution in [0, 0.1) is 0 Å².